The average molecular weight is 306 g/mol. The summed E-state index contributed by atoms with van der Waals surface area (Å²) < 4.78 is 10.8. The topological polar surface area (TPSA) is 30.5 Å². The first kappa shape index (κ1) is 15.7. The van der Waals surface area contributed by atoms with Crippen molar-refractivity contribution in [2.24, 2.45) is 0 Å². The van der Waals surface area contributed by atoms with Crippen molar-refractivity contribution in [3.8, 4) is 11.5 Å². The minimum Gasteiger partial charge on any atom is -0.497 e. The van der Waals surface area contributed by atoms with Crippen LogP contribution in [-0.2, 0) is 6.42 Å². The number of hydrogen-bond acceptors (Lipinski definition) is 3. The molecule has 0 aliphatic rings. The van der Waals surface area contributed by atoms with Gasteiger partial charge in [0.15, 0.2) is 0 Å². The summed E-state index contributed by atoms with van der Waals surface area (Å²) in [6.07, 6.45) is 0.844. The third-order valence-electron chi connectivity index (χ3n) is 3.51. The van der Waals surface area contributed by atoms with E-state index in [9.17, 15) is 0 Å². The normalized spacial score (nSPS) is 12.0. The average Bonchev–Trinajstić information content (AvgIpc) is 2.53. The van der Waals surface area contributed by atoms with Gasteiger partial charge in [0, 0.05) is 16.6 Å². The van der Waals surface area contributed by atoms with Gasteiger partial charge in [-0.3, -0.25) is 0 Å². The van der Waals surface area contributed by atoms with Crippen LogP contribution in [0.25, 0.3) is 0 Å². The van der Waals surface area contributed by atoms with E-state index in [1.165, 1.54) is 5.56 Å². The van der Waals surface area contributed by atoms with E-state index in [1.807, 2.05) is 49.5 Å². The summed E-state index contributed by atoms with van der Waals surface area (Å²) in [5, 5.41) is 4.09. The van der Waals surface area contributed by atoms with Crippen LogP contribution in [0.1, 0.15) is 17.2 Å². The molecule has 0 radical (unpaired) electrons. The predicted octanol–water partition coefficient (Wildman–Crippen LogP) is 3.86. The fourth-order valence-corrected chi connectivity index (χ4v) is 2.46. The molecule has 0 saturated heterocycles. The van der Waals surface area contributed by atoms with Crippen molar-refractivity contribution in [3.05, 3.63) is 58.6 Å². The molecule has 3 nitrogen and oxygen atoms in total. The Morgan fingerprint density at radius 3 is 2.33 bits per heavy atom. The van der Waals surface area contributed by atoms with Gasteiger partial charge in [-0.15, -0.1) is 0 Å². The monoisotopic (exact) mass is 305 g/mol. The zero-order valence-electron chi connectivity index (χ0n) is 12.5. The van der Waals surface area contributed by atoms with Crippen molar-refractivity contribution >= 4 is 11.6 Å². The molecule has 4 heteroatoms. The molecule has 0 amide bonds. The van der Waals surface area contributed by atoms with E-state index >= 15 is 0 Å². The molecular weight excluding hydrogens is 286 g/mol. The van der Waals surface area contributed by atoms with Crippen LogP contribution in [0.3, 0.4) is 0 Å². The van der Waals surface area contributed by atoms with E-state index in [0.29, 0.717) is 0 Å². The first-order chi connectivity index (χ1) is 10.2. The SMILES string of the molecule is CNC(Cc1ccc(Cl)cc1)c1cc(OC)ccc1OC. The molecule has 0 aliphatic heterocycles. The number of nitrogens with one attached hydrogen (secondary N) is 1. The third kappa shape index (κ3) is 3.90. The maximum atomic E-state index is 5.93. The molecule has 0 spiro atoms. The first-order valence-corrected chi connectivity index (χ1v) is 7.19. The highest BCUT2D eigenvalue weighted by molar-refractivity contribution is 6.30. The van der Waals surface area contributed by atoms with Crippen LogP contribution in [0.4, 0.5) is 0 Å². The van der Waals surface area contributed by atoms with Gasteiger partial charge >= 0.3 is 0 Å². The molecule has 0 fully saturated rings. The van der Waals surface area contributed by atoms with Gasteiger partial charge in [-0.1, -0.05) is 23.7 Å². The fourth-order valence-electron chi connectivity index (χ4n) is 2.34. The Hall–Kier alpha value is -1.71. The number of likely N-dealkylation sites (N-methyl/N-ethyl adjacent to an activating group) is 1. The molecule has 0 aromatic heterocycles. The Balaban J connectivity index is 2.29. The molecule has 2 aromatic carbocycles. The van der Waals surface area contributed by atoms with Gasteiger partial charge in [0.25, 0.3) is 0 Å². The summed E-state index contributed by atoms with van der Waals surface area (Å²) in [5.74, 6) is 1.67. The van der Waals surface area contributed by atoms with E-state index in [4.69, 9.17) is 21.1 Å². The fraction of sp³-hybridized carbons (Fsp3) is 0.294. The minimum absolute atomic E-state index is 0.135. The number of benzene rings is 2. The second-order valence-electron chi connectivity index (χ2n) is 4.78. The Morgan fingerprint density at radius 1 is 1.05 bits per heavy atom. The summed E-state index contributed by atoms with van der Waals surface area (Å²) in [4.78, 5) is 0. The molecule has 112 valence electrons. The van der Waals surface area contributed by atoms with Crippen LogP contribution >= 0.6 is 11.6 Å². The molecule has 1 N–H and O–H groups in total. The maximum absolute atomic E-state index is 5.93. The number of halogens is 1. The molecule has 1 unspecified atom stereocenters. The van der Waals surface area contributed by atoms with E-state index in [0.717, 1.165) is 28.5 Å². The molecule has 0 bridgehead atoms. The van der Waals surface area contributed by atoms with E-state index < -0.39 is 0 Å². The van der Waals surface area contributed by atoms with Gasteiger partial charge in [0.05, 0.1) is 14.2 Å². The van der Waals surface area contributed by atoms with E-state index in [1.54, 1.807) is 14.2 Å². The number of ether oxygens (including phenoxy) is 2. The van der Waals surface area contributed by atoms with Gasteiger partial charge in [-0.25, -0.2) is 0 Å². The Bertz CT molecular complexity index is 584. The first-order valence-electron chi connectivity index (χ1n) is 6.81. The molecule has 2 aromatic rings. The van der Waals surface area contributed by atoms with Crippen molar-refractivity contribution in [2.75, 3.05) is 21.3 Å². The lowest BCUT2D eigenvalue weighted by atomic mass is 9.98. The Labute approximate surface area is 130 Å². The van der Waals surface area contributed by atoms with E-state index in [-0.39, 0.29) is 6.04 Å². The van der Waals surface area contributed by atoms with E-state index in [2.05, 4.69) is 5.32 Å². The maximum Gasteiger partial charge on any atom is 0.123 e. The van der Waals surface area contributed by atoms with Crippen LogP contribution in [0, 0.1) is 0 Å². The third-order valence-corrected chi connectivity index (χ3v) is 3.77. The highest BCUT2D eigenvalue weighted by Crippen LogP contribution is 2.31. The molecule has 1 atom stereocenters. The van der Waals surface area contributed by atoms with Crippen molar-refractivity contribution in [1.82, 2.24) is 5.32 Å². The lowest BCUT2D eigenvalue weighted by molar-refractivity contribution is 0.391. The van der Waals surface area contributed by atoms with Gasteiger partial charge in [-0.2, -0.15) is 0 Å². The van der Waals surface area contributed by atoms with Crippen LogP contribution in [0.15, 0.2) is 42.5 Å². The van der Waals surface area contributed by atoms with Crippen molar-refractivity contribution < 1.29 is 9.47 Å². The zero-order chi connectivity index (χ0) is 15.2. The molecular formula is C17H20ClNO2. The second kappa shape index (κ2) is 7.34. The van der Waals surface area contributed by atoms with Gasteiger partial charge in [-0.05, 0) is 49.4 Å². The zero-order valence-corrected chi connectivity index (χ0v) is 13.3. The molecule has 2 rings (SSSR count). The lowest BCUT2D eigenvalue weighted by Crippen LogP contribution is -2.19. The van der Waals surface area contributed by atoms with Gasteiger partial charge in [0.1, 0.15) is 11.5 Å². The Morgan fingerprint density at radius 2 is 1.76 bits per heavy atom. The summed E-state index contributed by atoms with van der Waals surface area (Å²) in [7, 11) is 5.29. The van der Waals surface area contributed by atoms with Crippen molar-refractivity contribution in [2.45, 2.75) is 12.5 Å². The van der Waals surface area contributed by atoms with Crippen molar-refractivity contribution in [3.63, 3.8) is 0 Å². The largest absolute Gasteiger partial charge is 0.497 e. The molecule has 21 heavy (non-hydrogen) atoms. The number of hydrogen-bond donors (Lipinski definition) is 1. The van der Waals surface area contributed by atoms with Crippen LogP contribution in [0.5, 0.6) is 11.5 Å². The standard InChI is InChI=1S/C17H20ClNO2/c1-19-16(10-12-4-6-13(18)7-5-12)15-11-14(20-2)8-9-17(15)21-3/h4-9,11,16,19H,10H2,1-3H3. The van der Waals surface area contributed by atoms with Crippen LogP contribution < -0.4 is 14.8 Å². The van der Waals surface area contributed by atoms with Crippen LogP contribution in [-0.4, -0.2) is 21.3 Å². The summed E-state index contributed by atoms with van der Waals surface area (Å²) in [6, 6.07) is 13.9. The Kier molecular flexibility index (Phi) is 5.48. The predicted molar refractivity (Wildman–Crippen MR) is 86.5 cm³/mol. The highest BCUT2D eigenvalue weighted by atomic mass is 35.5. The second-order valence-corrected chi connectivity index (χ2v) is 5.22. The number of methoxy groups -OCH3 is 2. The molecule has 0 aliphatic carbocycles. The summed E-state index contributed by atoms with van der Waals surface area (Å²) in [5.41, 5.74) is 2.29. The summed E-state index contributed by atoms with van der Waals surface area (Å²) >= 11 is 5.93. The smallest absolute Gasteiger partial charge is 0.123 e. The molecule has 0 saturated carbocycles. The minimum atomic E-state index is 0.135. The summed E-state index contributed by atoms with van der Waals surface area (Å²) in [6.45, 7) is 0. The van der Waals surface area contributed by atoms with Gasteiger partial charge in [0.2, 0.25) is 0 Å². The van der Waals surface area contributed by atoms with Crippen molar-refractivity contribution in [1.29, 1.82) is 0 Å². The lowest BCUT2D eigenvalue weighted by Gasteiger charge is -2.20. The van der Waals surface area contributed by atoms with Gasteiger partial charge < -0.3 is 14.8 Å². The number of rotatable bonds is 6. The molecule has 0 heterocycles. The van der Waals surface area contributed by atoms with Crippen LogP contribution in [0.2, 0.25) is 5.02 Å². The quantitative estimate of drug-likeness (QED) is 0.879. The highest BCUT2D eigenvalue weighted by Gasteiger charge is 2.16.